The van der Waals surface area contributed by atoms with Crippen LogP contribution in [0.4, 0.5) is 0 Å². The van der Waals surface area contributed by atoms with Crippen molar-refractivity contribution in [3.63, 3.8) is 0 Å². The van der Waals surface area contributed by atoms with Crippen LogP contribution in [0.2, 0.25) is 0 Å². The number of aliphatic hydroxyl groups excluding tert-OH is 2. The van der Waals surface area contributed by atoms with E-state index in [0.717, 1.165) is 0 Å². The van der Waals surface area contributed by atoms with Crippen LogP contribution in [-0.2, 0) is 9.53 Å². The molecule has 0 aromatic heterocycles. The predicted octanol–water partition coefficient (Wildman–Crippen LogP) is -0.472. The maximum atomic E-state index is 11.5. The van der Waals surface area contributed by atoms with Crippen molar-refractivity contribution >= 4 is 17.8 Å². The van der Waals surface area contributed by atoms with Crippen LogP contribution in [0.15, 0.2) is 18.2 Å². The molecule has 2 rings (SSSR count). The van der Waals surface area contributed by atoms with Crippen LogP contribution in [0.5, 0.6) is 0 Å². The van der Waals surface area contributed by atoms with E-state index in [2.05, 4.69) is 10.1 Å². The lowest BCUT2D eigenvalue weighted by molar-refractivity contribution is -0.144. The zero-order valence-electron chi connectivity index (χ0n) is 10.6. The standard InChI is InChI=1S/C13H13NO6/c1-20-10(16)5-9(15)11(17)6-2-3-7-8(4-6)13(19)14-12(7)18/h2-4,9,11,15,17H,5H2,1H3,(H,14,18,19). The molecule has 7 nitrogen and oxygen atoms in total. The Morgan fingerprint density at radius 3 is 2.55 bits per heavy atom. The number of carbonyl (C=O) groups is 3. The molecule has 2 amide bonds. The summed E-state index contributed by atoms with van der Waals surface area (Å²) in [6, 6.07) is 4.13. The monoisotopic (exact) mass is 279 g/mol. The van der Waals surface area contributed by atoms with Gasteiger partial charge < -0.3 is 14.9 Å². The molecule has 1 aromatic carbocycles. The number of benzene rings is 1. The summed E-state index contributed by atoms with van der Waals surface area (Å²) in [5, 5.41) is 21.8. The molecule has 2 atom stereocenters. The van der Waals surface area contributed by atoms with Gasteiger partial charge in [-0.05, 0) is 17.7 Å². The van der Waals surface area contributed by atoms with Crippen molar-refractivity contribution in [2.45, 2.75) is 18.6 Å². The number of hydrogen-bond acceptors (Lipinski definition) is 6. The maximum absolute atomic E-state index is 11.5. The third-order valence-electron chi connectivity index (χ3n) is 3.07. The van der Waals surface area contributed by atoms with Gasteiger partial charge in [0.1, 0.15) is 6.10 Å². The lowest BCUT2D eigenvalue weighted by atomic mass is 9.98. The Morgan fingerprint density at radius 1 is 1.25 bits per heavy atom. The number of aliphatic hydroxyl groups is 2. The number of esters is 1. The van der Waals surface area contributed by atoms with Crippen LogP contribution in [0.25, 0.3) is 0 Å². The number of rotatable bonds is 4. The van der Waals surface area contributed by atoms with Crippen LogP contribution >= 0.6 is 0 Å². The summed E-state index contributed by atoms with van der Waals surface area (Å²) in [5.41, 5.74) is 0.593. The third-order valence-corrected chi connectivity index (χ3v) is 3.07. The van der Waals surface area contributed by atoms with E-state index >= 15 is 0 Å². The molecular formula is C13H13NO6. The predicted molar refractivity (Wildman–Crippen MR) is 65.8 cm³/mol. The summed E-state index contributed by atoms with van der Waals surface area (Å²) >= 11 is 0. The Bertz CT molecular complexity index is 582. The molecule has 20 heavy (non-hydrogen) atoms. The highest BCUT2D eigenvalue weighted by Crippen LogP contribution is 2.24. The fraction of sp³-hybridized carbons (Fsp3) is 0.308. The molecule has 1 aromatic rings. The van der Waals surface area contributed by atoms with E-state index in [1.54, 1.807) is 0 Å². The second kappa shape index (κ2) is 5.40. The third kappa shape index (κ3) is 2.54. The van der Waals surface area contributed by atoms with Gasteiger partial charge in [-0.2, -0.15) is 0 Å². The molecule has 1 aliphatic rings. The van der Waals surface area contributed by atoms with E-state index in [1.807, 2.05) is 0 Å². The molecule has 0 bridgehead atoms. The number of imide groups is 1. The van der Waals surface area contributed by atoms with Crippen molar-refractivity contribution < 1.29 is 29.3 Å². The van der Waals surface area contributed by atoms with Crippen molar-refractivity contribution in [1.82, 2.24) is 5.32 Å². The fourth-order valence-corrected chi connectivity index (χ4v) is 1.96. The van der Waals surface area contributed by atoms with Crippen molar-refractivity contribution in [3.8, 4) is 0 Å². The Morgan fingerprint density at radius 2 is 1.90 bits per heavy atom. The summed E-state index contributed by atoms with van der Waals surface area (Å²) in [6.07, 6.45) is -3.09. The molecular weight excluding hydrogens is 266 g/mol. The van der Waals surface area contributed by atoms with Gasteiger partial charge >= 0.3 is 5.97 Å². The average molecular weight is 279 g/mol. The molecule has 7 heteroatoms. The molecule has 0 fully saturated rings. The van der Waals surface area contributed by atoms with Crippen molar-refractivity contribution in [2.24, 2.45) is 0 Å². The Labute approximate surface area is 114 Å². The first-order valence-electron chi connectivity index (χ1n) is 5.86. The number of hydrogen-bond donors (Lipinski definition) is 3. The van der Waals surface area contributed by atoms with Crippen LogP contribution in [0.1, 0.15) is 38.8 Å². The first kappa shape index (κ1) is 14.2. The van der Waals surface area contributed by atoms with Gasteiger partial charge in [0, 0.05) is 0 Å². The quantitative estimate of drug-likeness (QED) is 0.507. The van der Waals surface area contributed by atoms with E-state index in [1.165, 1.54) is 25.3 Å². The molecule has 0 spiro atoms. The van der Waals surface area contributed by atoms with Gasteiger partial charge in [-0.15, -0.1) is 0 Å². The highest BCUT2D eigenvalue weighted by Gasteiger charge is 2.29. The lowest BCUT2D eigenvalue weighted by Crippen LogP contribution is -2.23. The Hall–Kier alpha value is -2.25. The molecule has 3 N–H and O–H groups in total. The van der Waals surface area contributed by atoms with Crippen molar-refractivity contribution in [1.29, 1.82) is 0 Å². The topological polar surface area (TPSA) is 113 Å². The first-order valence-corrected chi connectivity index (χ1v) is 5.86. The molecule has 0 aliphatic carbocycles. The fourth-order valence-electron chi connectivity index (χ4n) is 1.96. The molecule has 1 aliphatic heterocycles. The molecule has 106 valence electrons. The SMILES string of the molecule is COC(=O)CC(O)C(O)c1ccc2c(c1)C(=O)NC2=O. The second-order valence-electron chi connectivity index (χ2n) is 4.38. The summed E-state index contributed by atoms with van der Waals surface area (Å²) in [6.45, 7) is 0. The Kier molecular flexibility index (Phi) is 3.82. The van der Waals surface area contributed by atoms with Gasteiger partial charge in [-0.3, -0.25) is 19.7 Å². The van der Waals surface area contributed by atoms with Crippen LogP contribution < -0.4 is 5.32 Å². The van der Waals surface area contributed by atoms with E-state index in [0.29, 0.717) is 0 Å². The second-order valence-corrected chi connectivity index (χ2v) is 4.38. The summed E-state index contributed by atoms with van der Waals surface area (Å²) in [4.78, 5) is 33.9. The van der Waals surface area contributed by atoms with Gasteiger partial charge in [0.25, 0.3) is 11.8 Å². The van der Waals surface area contributed by atoms with Crippen LogP contribution in [0, 0.1) is 0 Å². The number of carbonyl (C=O) groups excluding carboxylic acids is 3. The number of methoxy groups -OCH3 is 1. The van der Waals surface area contributed by atoms with Crippen molar-refractivity contribution in [2.75, 3.05) is 7.11 Å². The largest absolute Gasteiger partial charge is 0.469 e. The molecule has 0 radical (unpaired) electrons. The normalized spacial score (nSPS) is 16.4. The van der Waals surface area contributed by atoms with Crippen molar-refractivity contribution in [3.05, 3.63) is 34.9 Å². The molecule has 0 saturated heterocycles. The number of fused-ring (bicyclic) bond motifs is 1. The summed E-state index contributed by atoms with van der Waals surface area (Å²) in [7, 11) is 1.17. The van der Waals surface area contributed by atoms with Gasteiger partial charge in [-0.1, -0.05) is 6.07 Å². The highest BCUT2D eigenvalue weighted by atomic mass is 16.5. The number of amides is 2. The van der Waals surface area contributed by atoms with Gasteiger partial charge in [0.05, 0.1) is 30.8 Å². The maximum Gasteiger partial charge on any atom is 0.308 e. The minimum atomic E-state index is -1.36. The first-order chi connectivity index (χ1) is 9.43. The van der Waals surface area contributed by atoms with Gasteiger partial charge in [0.15, 0.2) is 0 Å². The van der Waals surface area contributed by atoms with Crippen LogP contribution in [-0.4, -0.2) is 41.2 Å². The Balaban J connectivity index is 2.22. The van der Waals surface area contributed by atoms with E-state index in [9.17, 15) is 24.6 Å². The van der Waals surface area contributed by atoms with E-state index < -0.39 is 30.0 Å². The minimum Gasteiger partial charge on any atom is -0.469 e. The smallest absolute Gasteiger partial charge is 0.308 e. The summed E-state index contributed by atoms with van der Waals surface area (Å²) < 4.78 is 4.39. The number of nitrogens with one attached hydrogen (secondary N) is 1. The zero-order valence-corrected chi connectivity index (χ0v) is 10.6. The van der Waals surface area contributed by atoms with Crippen LogP contribution in [0.3, 0.4) is 0 Å². The van der Waals surface area contributed by atoms with E-state index in [4.69, 9.17) is 0 Å². The van der Waals surface area contributed by atoms with E-state index in [-0.39, 0.29) is 23.1 Å². The highest BCUT2D eigenvalue weighted by molar-refractivity contribution is 6.21. The van der Waals surface area contributed by atoms with Gasteiger partial charge in [-0.25, -0.2) is 0 Å². The molecule has 2 unspecified atom stereocenters. The minimum absolute atomic E-state index is 0.136. The zero-order chi connectivity index (χ0) is 14.9. The number of ether oxygens (including phenoxy) is 1. The molecule has 0 saturated carbocycles. The average Bonchev–Trinajstić information content (AvgIpc) is 2.72. The summed E-state index contributed by atoms with van der Waals surface area (Å²) in [5.74, 6) is -1.71. The lowest BCUT2D eigenvalue weighted by Gasteiger charge is -2.17. The van der Waals surface area contributed by atoms with Gasteiger partial charge in [0.2, 0.25) is 0 Å². The molecule has 1 heterocycles.